The van der Waals surface area contributed by atoms with Crippen molar-refractivity contribution in [2.45, 2.75) is 13.0 Å². The van der Waals surface area contributed by atoms with Crippen molar-refractivity contribution in [2.75, 3.05) is 6.61 Å². The lowest BCUT2D eigenvalue weighted by Gasteiger charge is -2.18. The normalized spacial score (nSPS) is 12.5. The molecule has 2 aromatic carbocycles. The number of fused-ring (bicyclic) bond motifs is 1. The van der Waals surface area contributed by atoms with Crippen LogP contribution in [0.3, 0.4) is 0 Å². The third-order valence-corrected chi connectivity index (χ3v) is 4.47. The molecule has 108 valence electrons. The molecule has 4 heteroatoms. The van der Waals surface area contributed by atoms with Gasteiger partial charge < -0.3 is 4.74 Å². The molecule has 3 rings (SSSR count). The monoisotopic (exact) mass is 298 g/mol. The van der Waals surface area contributed by atoms with Gasteiger partial charge in [-0.25, -0.2) is 5.43 Å². The Morgan fingerprint density at radius 3 is 2.86 bits per heavy atom. The van der Waals surface area contributed by atoms with E-state index in [1.54, 1.807) is 11.3 Å². The van der Waals surface area contributed by atoms with Gasteiger partial charge in [0.25, 0.3) is 0 Å². The van der Waals surface area contributed by atoms with Crippen molar-refractivity contribution in [3.05, 3.63) is 65.0 Å². The van der Waals surface area contributed by atoms with Crippen molar-refractivity contribution in [3.8, 4) is 5.75 Å². The van der Waals surface area contributed by atoms with Crippen LogP contribution in [0.4, 0.5) is 0 Å². The van der Waals surface area contributed by atoms with Gasteiger partial charge in [0.2, 0.25) is 0 Å². The molecule has 1 unspecified atom stereocenters. The van der Waals surface area contributed by atoms with E-state index in [9.17, 15) is 0 Å². The van der Waals surface area contributed by atoms with Crippen LogP contribution in [0.15, 0.2) is 53.9 Å². The quantitative estimate of drug-likeness (QED) is 0.555. The molecule has 1 atom stereocenters. The van der Waals surface area contributed by atoms with E-state index < -0.39 is 0 Å². The number of thiophene rings is 1. The fourth-order valence-electron chi connectivity index (χ4n) is 2.56. The summed E-state index contributed by atoms with van der Waals surface area (Å²) >= 11 is 1.74. The molecule has 3 N–H and O–H groups in total. The van der Waals surface area contributed by atoms with Gasteiger partial charge >= 0.3 is 0 Å². The summed E-state index contributed by atoms with van der Waals surface area (Å²) in [5, 5.41) is 3.36. The second-order valence-electron chi connectivity index (χ2n) is 4.79. The summed E-state index contributed by atoms with van der Waals surface area (Å²) < 4.78 is 6.85. The topological polar surface area (TPSA) is 47.3 Å². The van der Waals surface area contributed by atoms with Gasteiger partial charge in [0.05, 0.1) is 12.6 Å². The first-order valence-corrected chi connectivity index (χ1v) is 7.86. The van der Waals surface area contributed by atoms with E-state index in [1.807, 2.05) is 25.1 Å². The Hall–Kier alpha value is -1.88. The number of hydrogen-bond acceptors (Lipinski definition) is 4. The molecule has 0 saturated heterocycles. The van der Waals surface area contributed by atoms with Crippen molar-refractivity contribution < 1.29 is 4.74 Å². The van der Waals surface area contributed by atoms with Crippen LogP contribution < -0.4 is 16.0 Å². The number of benzene rings is 2. The predicted molar refractivity (Wildman–Crippen MR) is 88.6 cm³/mol. The maximum absolute atomic E-state index is 5.83. The lowest BCUT2D eigenvalue weighted by atomic mass is 9.98. The number of ether oxygens (including phenoxy) is 1. The molecule has 3 nitrogen and oxygen atoms in total. The summed E-state index contributed by atoms with van der Waals surface area (Å²) in [5.41, 5.74) is 5.23. The summed E-state index contributed by atoms with van der Waals surface area (Å²) in [4.78, 5) is 0. The zero-order valence-corrected chi connectivity index (χ0v) is 12.7. The first kappa shape index (κ1) is 14.1. The SMILES string of the molecule is CCOc1cccc(C(NN)c2cccc3ccsc23)c1. The third kappa shape index (κ3) is 2.78. The van der Waals surface area contributed by atoms with Crippen LogP contribution in [0.25, 0.3) is 10.1 Å². The molecule has 0 aliphatic carbocycles. The van der Waals surface area contributed by atoms with Crippen molar-refractivity contribution in [3.63, 3.8) is 0 Å². The average molecular weight is 298 g/mol. The van der Waals surface area contributed by atoms with Gasteiger partial charge in [0.15, 0.2) is 0 Å². The molecular weight excluding hydrogens is 280 g/mol. The lowest BCUT2D eigenvalue weighted by Crippen LogP contribution is -2.28. The standard InChI is InChI=1S/C17H18N2OS/c1-2-20-14-7-3-6-13(11-14)16(19-18)15-8-4-5-12-9-10-21-17(12)15/h3-11,16,19H,2,18H2,1H3. The van der Waals surface area contributed by atoms with E-state index in [0.29, 0.717) is 6.61 Å². The lowest BCUT2D eigenvalue weighted by molar-refractivity contribution is 0.339. The smallest absolute Gasteiger partial charge is 0.119 e. The molecule has 0 radical (unpaired) electrons. The van der Waals surface area contributed by atoms with E-state index in [-0.39, 0.29) is 6.04 Å². The van der Waals surface area contributed by atoms with Crippen molar-refractivity contribution in [1.29, 1.82) is 0 Å². The number of nitrogens with two attached hydrogens (primary N) is 1. The van der Waals surface area contributed by atoms with Crippen LogP contribution in [0, 0.1) is 0 Å². The Kier molecular flexibility index (Phi) is 4.20. The summed E-state index contributed by atoms with van der Waals surface area (Å²) in [6, 6.07) is 16.5. The second kappa shape index (κ2) is 6.26. The Labute approximate surface area is 128 Å². The number of nitrogens with one attached hydrogen (secondary N) is 1. The molecule has 0 amide bonds. The van der Waals surface area contributed by atoms with Gasteiger partial charge in [-0.2, -0.15) is 0 Å². The molecule has 0 saturated carbocycles. The Balaban J connectivity index is 2.05. The third-order valence-electron chi connectivity index (χ3n) is 3.49. The fraction of sp³-hybridized carbons (Fsp3) is 0.176. The predicted octanol–water partition coefficient (Wildman–Crippen LogP) is 3.85. The molecule has 0 aliphatic heterocycles. The molecule has 0 spiro atoms. The largest absolute Gasteiger partial charge is 0.494 e. The van der Waals surface area contributed by atoms with E-state index in [0.717, 1.165) is 11.3 Å². The van der Waals surface area contributed by atoms with Crippen LogP contribution in [-0.4, -0.2) is 6.61 Å². The molecule has 0 fully saturated rings. The average Bonchev–Trinajstić information content (AvgIpc) is 2.98. The fourth-order valence-corrected chi connectivity index (χ4v) is 3.50. The number of rotatable bonds is 5. The minimum Gasteiger partial charge on any atom is -0.494 e. The molecule has 1 aromatic heterocycles. The Morgan fingerprint density at radius 2 is 2.05 bits per heavy atom. The van der Waals surface area contributed by atoms with Crippen molar-refractivity contribution in [2.24, 2.45) is 5.84 Å². The molecule has 3 aromatic rings. The number of hydrazine groups is 1. The highest BCUT2D eigenvalue weighted by atomic mass is 32.1. The van der Waals surface area contributed by atoms with Crippen molar-refractivity contribution >= 4 is 21.4 Å². The molecule has 21 heavy (non-hydrogen) atoms. The highest BCUT2D eigenvalue weighted by Gasteiger charge is 2.16. The zero-order valence-electron chi connectivity index (χ0n) is 11.9. The van der Waals surface area contributed by atoms with E-state index in [4.69, 9.17) is 10.6 Å². The summed E-state index contributed by atoms with van der Waals surface area (Å²) in [7, 11) is 0. The van der Waals surface area contributed by atoms with Gasteiger partial charge in [-0.15, -0.1) is 11.3 Å². The Morgan fingerprint density at radius 1 is 1.19 bits per heavy atom. The van der Waals surface area contributed by atoms with E-state index >= 15 is 0 Å². The second-order valence-corrected chi connectivity index (χ2v) is 5.71. The van der Waals surface area contributed by atoms with Crippen LogP contribution in [0.5, 0.6) is 5.75 Å². The van der Waals surface area contributed by atoms with Crippen molar-refractivity contribution in [1.82, 2.24) is 5.43 Å². The minimum absolute atomic E-state index is 0.0484. The summed E-state index contributed by atoms with van der Waals surface area (Å²) in [6.07, 6.45) is 0. The van der Waals surface area contributed by atoms with Crippen LogP contribution in [0.1, 0.15) is 24.1 Å². The Bertz CT molecular complexity index is 738. The van der Waals surface area contributed by atoms with Crippen LogP contribution >= 0.6 is 11.3 Å². The van der Waals surface area contributed by atoms with E-state index in [2.05, 4.69) is 41.1 Å². The molecular formula is C17H18N2OS. The van der Waals surface area contributed by atoms with Gasteiger partial charge in [0.1, 0.15) is 5.75 Å². The molecule has 0 aliphatic rings. The minimum atomic E-state index is -0.0484. The molecule has 1 heterocycles. The van der Waals surface area contributed by atoms with Gasteiger partial charge in [0, 0.05) is 4.70 Å². The maximum Gasteiger partial charge on any atom is 0.119 e. The maximum atomic E-state index is 5.83. The summed E-state index contributed by atoms with van der Waals surface area (Å²) in [5.74, 6) is 6.70. The zero-order chi connectivity index (χ0) is 14.7. The summed E-state index contributed by atoms with van der Waals surface area (Å²) in [6.45, 7) is 2.64. The number of hydrogen-bond donors (Lipinski definition) is 2. The first-order valence-electron chi connectivity index (χ1n) is 6.98. The van der Waals surface area contributed by atoms with Gasteiger partial charge in [-0.1, -0.05) is 30.3 Å². The van der Waals surface area contributed by atoms with Crippen LogP contribution in [-0.2, 0) is 0 Å². The first-order chi connectivity index (χ1) is 10.3. The highest BCUT2D eigenvalue weighted by Crippen LogP contribution is 2.32. The van der Waals surface area contributed by atoms with Gasteiger partial charge in [-0.05, 0) is 47.0 Å². The van der Waals surface area contributed by atoms with E-state index in [1.165, 1.54) is 15.6 Å². The van der Waals surface area contributed by atoms with Gasteiger partial charge in [-0.3, -0.25) is 5.84 Å². The van der Waals surface area contributed by atoms with Crippen LogP contribution in [0.2, 0.25) is 0 Å². The molecule has 0 bridgehead atoms. The highest BCUT2D eigenvalue weighted by molar-refractivity contribution is 7.17.